The molecule has 2 heterocycles. The first-order valence-corrected chi connectivity index (χ1v) is 6.96. The Morgan fingerprint density at radius 3 is 2.89 bits per heavy atom. The van der Waals surface area contributed by atoms with E-state index in [1.54, 1.807) is 18.3 Å². The van der Waals surface area contributed by atoms with Crippen molar-refractivity contribution in [3.05, 3.63) is 36.0 Å². The van der Waals surface area contributed by atoms with E-state index in [0.717, 1.165) is 12.2 Å². The average molecular weight is 287 g/mol. The minimum Gasteiger partial charge on any atom is -0.463 e. The highest BCUT2D eigenvalue weighted by atomic mass is 32.2. The molecule has 0 saturated carbocycles. The highest BCUT2D eigenvalue weighted by molar-refractivity contribution is 7.98. The van der Waals surface area contributed by atoms with Crippen molar-refractivity contribution in [1.82, 2.24) is 9.78 Å². The minimum absolute atomic E-state index is 0.186. The summed E-state index contributed by atoms with van der Waals surface area (Å²) < 4.78 is 31.3. The van der Waals surface area contributed by atoms with Crippen LogP contribution < -0.4 is 5.32 Å². The summed E-state index contributed by atoms with van der Waals surface area (Å²) in [4.78, 5) is 0. The predicted octanol–water partition coefficient (Wildman–Crippen LogP) is 3.56. The van der Waals surface area contributed by atoms with Crippen LogP contribution in [0.5, 0.6) is 0 Å². The number of aromatic nitrogens is 2. The standard InChI is InChI=1S/C12H15F2N3OS/c1-2-17-7-9(5-16-17)15-6-10-3-4-11(18-10)8-19-12(13)14/h3-5,7,12,15H,2,6,8H2,1H3. The molecule has 0 saturated heterocycles. The molecular weight excluding hydrogens is 272 g/mol. The van der Waals surface area contributed by atoms with Crippen molar-refractivity contribution in [3.8, 4) is 0 Å². The van der Waals surface area contributed by atoms with Crippen LogP contribution in [0.1, 0.15) is 18.4 Å². The average Bonchev–Trinajstić information content (AvgIpc) is 3.03. The quantitative estimate of drug-likeness (QED) is 0.845. The van der Waals surface area contributed by atoms with Crippen LogP contribution in [0.2, 0.25) is 0 Å². The fraction of sp³-hybridized carbons (Fsp3) is 0.417. The summed E-state index contributed by atoms with van der Waals surface area (Å²) in [6.07, 6.45) is 3.64. The summed E-state index contributed by atoms with van der Waals surface area (Å²) in [7, 11) is 0. The van der Waals surface area contributed by atoms with Gasteiger partial charge in [0.2, 0.25) is 0 Å². The summed E-state index contributed by atoms with van der Waals surface area (Å²) in [5.74, 6) is -0.905. The zero-order chi connectivity index (χ0) is 13.7. The second-order valence-electron chi connectivity index (χ2n) is 3.88. The third-order valence-corrected chi connectivity index (χ3v) is 3.20. The highest BCUT2D eigenvalue weighted by Gasteiger charge is 2.07. The van der Waals surface area contributed by atoms with Gasteiger partial charge in [-0.05, 0) is 19.1 Å². The molecule has 4 nitrogen and oxygen atoms in total. The number of anilines is 1. The molecule has 2 aromatic heterocycles. The van der Waals surface area contributed by atoms with Crippen LogP contribution in [-0.2, 0) is 18.8 Å². The molecule has 104 valence electrons. The number of aryl methyl sites for hydroxylation is 1. The Morgan fingerprint density at radius 1 is 1.42 bits per heavy atom. The van der Waals surface area contributed by atoms with Gasteiger partial charge in [-0.25, -0.2) is 0 Å². The first-order chi connectivity index (χ1) is 9.17. The highest BCUT2D eigenvalue weighted by Crippen LogP contribution is 2.21. The van der Waals surface area contributed by atoms with Gasteiger partial charge in [-0.3, -0.25) is 4.68 Å². The normalized spacial score (nSPS) is 11.2. The third kappa shape index (κ3) is 4.27. The topological polar surface area (TPSA) is 43.0 Å². The van der Waals surface area contributed by atoms with Gasteiger partial charge in [0.1, 0.15) is 11.5 Å². The number of rotatable bonds is 7. The van der Waals surface area contributed by atoms with Gasteiger partial charge in [0.05, 0.1) is 24.2 Å². The van der Waals surface area contributed by atoms with E-state index < -0.39 is 5.76 Å². The molecule has 0 spiro atoms. The molecule has 7 heteroatoms. The van der Waals surface area contributed by atoms with Crippen LogP contribution in [0.25, 0.3) is 0 Å². The largest absolute Gasteiger partial charge is 0.463 e. The lowest BCUT2D eigenvalue weighted by atomic mass is 10.4. The molecule has 2 rings (SSSR count). The van der Waals surface area contributed by atoms with Gasteiger partial charge in [0.25, 0.3) is 5.76 Å². The second-order valence-corrected chi connectivity index (χ2v) is 4.86. The monoisotopic (exact) mass is 287 g/mol. The number of thioether (sulfide) groups is 1. The maximum absolute atomic E-state index is 12.0. The van der Waals surface area contributed by atoms with Crippen LogP contribution in [-0.4, -0.2) is 15.5 Å². The van der Waals surface area contributed by atoms with Crippen molar-refractivity contribution in [3.63, 3.8) is 0 Å². The van der Waals surface area contributed by atoms with Crippen LogP contribution >= 0.6 is 11.8 Å². The molecule has 0 amide bonds. The van der Waals surface area contributed by atoms with Crippen LogP contribution in [0.3, 0.4) is 0 Å². The number of halogens is 2. The number of hydrogen-bond donors (Lipinski definition) is 1. The van der Waals surface area contributed by atoms with E-state index in [2.05, 4.69) is 10.4 Å². The number of furan rings is 1. The van der Waals surface area contributed by atoms with Crippen molar-refractivity contribution in [1.29, 1.82) is 0 Å². The Labute approximate surface area is 114 Å². The molecule has 0 unspecified atom stereocenters. The van der Waals surface area contributed by atoms with Gasteiger partial charge in [0, 0.05) is 12.7 Å². The van der Waals surface area contributed by atoms with Crippen molar-refractivity contribution < 1.29 is 13.2 Å². The molecule has 0 aliphatic rings. The lowest BCUT2D eigenvalue weighted by Crippen LogP contribution is -1.97. The molecule has 1 N–H and O–H groups in total. The van der Waals surface area contributed by atoms with Crippen molar-refractivity contribution in [2.24, 2.45) is 0 Å². The van der Waals surface area contributed by atoms with Gasteiger partial charge in [0.15, 0.2) is 0 Å². The molecule has 2 aromatic rings. The zero-order valence-corrected chi connectivity index (χ0v) is 11.3. The number of nitrogens with zero attached hydrogens (tertiary/aromatic N) is 2. The molecular formula is C12H15F2N3OS. The predicted molar refractivity (Wildman–Crippen MR) is 71.2 cm³/mol. The zero-order valence-electron chi connectivity index (χ0n) is 10.5. The minimum atomic E-state index is -2.37. The summed E-state index contributed by atoms with van der Waals surface area (Å²) >= 11 is 0.558. The molecule has 19 heavy (non-hydrogen) atoms. The molecule has 0 bridgehead atoms. The first kappa shape index (κ1) is 13.9. The summed E-state index contributed by atoms with van der Waals surface area (Å²) in [6.45, 7) is 3.34. The van der Waals surface area contributed by atoms with Crippen LogP contribution in [0.4, 0.5) is 14.5 Å². The van der Waals surface area contributed by atoms with Crippen molar-refractivity contribution >= 4 is 17.4 Å². The van der Waals surface area contributed by atoms with E-state index in [0.29, 0.717) is 29.8 Å². The summed E-state index contributed by atoms with van der Waals surface area (Å²) in [5, 5.41) is 7.30. The third-order valence-electron chi connectivity index (χ3n) is 2.49. The Hall–Kier alpha value is -1.50. The van der Waals surface area contributed by atoms with E-state index in [1.165, 1.54) is 0 Å². The van der Waals surface area contributed by atoms with Crippen molar-refractivity contribution in [2.45, 2.75) is 31.5 Å². The van der Waals surface area contributed by atoms with Crippen LogP contribution in [0.15, 0.2) is 28.9 Å². The van der Waals surface area contributed by atoms with Crippen LogP contribution in [0, 0.1) is 0 Å². The van der Waals surface area contributed by atoms with Gasteiger partial charge >= 0.3 is 0 Å². The summed E-state index contributed by atoms with van der Waals surface area (Å²) in [5.41, 5.74) is 0.904. The fourth-order valence-corrected chi connectivity index (χ4v) is 2.00. The number of nitrogens with one attached hydrogen (secondary N) is 1. The van der Waals surface area contributed by atoms with E-state index in [9.17, 15) is 8.78 Å². The SMILES string of the molecule is CCn1cc(NCc2ccc(CSC(F)F)o2)cn1. The van der Waals surface area contributed by atoms with Crippen molar-refractivity contribution in [2.75, 3.05) is 5.32 Å². The number of hydrogen-bond acceptors (Lipinski definition) is 4. The summed E-state index contributed by atoms with van der Waals surface area (Å²) in [6, 6.07) is 3.51. The van der Waals surface area contributed by atoms with E-state index >= 15 is 0 Å². The van der Waals surface area contributed by atoms with Gasteiger partial charge in [-0.1, -0.05) is 11.8 Å². The Morgan fingerprint density at radius 2 is 2.21 bits per heavy atom. The lowest BCUT2D eigenvalue weighted by Gasteiger charge is -2.00. The molecule has 0 aliphatic heterocycles. The first-order valence-electron chi connectivity index (χ1n) is 5.91. The molecule has 0 atom stereocenters. The van der Waals surface area contributed by atoms with E-state index in [1.807, 2.05) is 17.8 Å². The van der Waals surface area contributed by atoms with Gasteiger partial charge in [-0.2, -0.15) is 13.9 Å². The van der Waals surface area contributed by atoms with E-state index in [4.69, 9.17) is 4.42 Å². The Kier molecular flexibility index (Phi) is 4.84. The molecule has 0 fully saturated rings. The fourth-order valence-electron chi connectivity index (χ4n) is 1.56. The number of alkyl halides is 2. The molecule has 0 radical (unpaired) electrons. The van der Waals surface area contributed by atoms with E-state index in [-0.39, 0.29) is 5.75 Å². The van der Waals surface area contributed by atoms with Gasteiger partial charge < -0.3 is 9.73 Å². The maximum Gasteiger partial charge on any atom is 0.284 e. The Balaban J connectivity index is 1.82. The molecule has 0 aliphatic carbocycles. The smallest absolute Gasteiger partial charge is 0.284 e. The lowest BCUT2D eigenvalue weighted by molar-refractivity contribution is 0.251. The van der Waals surface area contributed by atoms with Gasteiger partial charge in [-0.15, -0.1) is 0 Å². The maximum atomic E-state index is 12.0. The Bertz CT molecular complexity index is 513. The molecule has 0 aromatic carbocycles. The second kappa shape index (κ2) is 6.60.